The zero-order valence-electron chi connectivity index (χ0n) is 9.86. The summed E-state index contributed by atoms with van der Waals surface area (Å²) in [7, 11) is 0. The van der Waals surface area contributed by atoms with E-state index < -0.39 is 11.9 Å². The van der Waals surface area contributed by atoms with E-state index in [1.54, 1.807) is 18.2 Å². The fourth-order valence-electron chi connectivity index (χ4n) is 1.79. The molecule has 0 spiro atoms. The van der Waals surface area contributed by atoms with Gasteiger partial charge in [0, 0.05) is 6.54 Å². The second kappa shape index (κ2) is 5.48. The van der Waals surface area contributed by atoms with Gasteiger partial charge in [-0.1, -0.05) is 18.2 Å². The van der Waals surface area contributed by atoms with Crippen molar-refractivity contribution < 1.29 is 18.7 Å². The van der Waals surface area contributed by atoms with Crippen molar-refractivity contribution >= 4 is 6.09 Å². The predicted octanol–water partition coefficient (Wildman–Crippen LogP) is 3.40. The molecule has 2 aromatic carbocycles. The predicted molar refractivity (Wildman–Crippen MR) is 66.7 cm³/mol. The maximum atomic E-state index is 13.2. The summed E-state index contributed by atoms with van der Waals surface area (Å²) in [6, 6.07) is 9.80. The highest BCUT2D eigenvalue weighted by molar-refractivity contribution is 5.69. The molecule has 0 aliphatic carbocycles. The lowest BCUT2D eigenvalue weighted by Crippen LogP contribution is -2.20. The molecule has 0 saturated carbocycles. The number of carboxylic acid groups (broad SMARTS) is 1. The number of amides is 1. The molecule has 0 unspecified atom stereocenters. The van der Waals surface area contributed by atoms with Crippen molar-refractivity contribution in [3.63, 3.8) is 0 Å². The van der Waals surface area contributed by atoms with Crippen LogP contribution in [0.15, 0.2) is 42.5 Å². The minimum atomic E-state index is -1.19. The van der Waals surface area contributed by atoms with Crippen LogP contribution < -0.4 is 5.32 Å². The van der Waals surface area contributed by atoms with Gasteiger partial charge in [0.25, 0.3) is 0 Å². The zero-order chi connectivity index (χ0) is 13.8. The third kappa shape index (κ3) is 3.28. The van der Waals surface area contributed by atoms with Gasteiger partial charge in [-0.15, -0.1) is 0 Å². The lowest BCUT2D eigenvalue weighted by Gasteiger charge is -2.10. The third-order valence-electron chi connectivity index (χ3n) is 2.65. The number of halogens is 2. The first kappa shape index (κ1) is 13.0. The average Bonchev–Trinajstić information content (AvgIpc) is 2.38. The molecule has 0 aromatic heterocycles. The fraction of sp³-hybridized carbons (Fsp3) is 0.0714. The van der Waals surface area contributed by atoms with Gasteiger partial charge in [-0.05, 0) is 41.0 Å². The molecular weight excluding hydrogens is 252 g/mol. The van der Waals surface area contributed by atoms with Gasteiger partial charge in [0.1, 0.15) is 11.6 Å². The number of carbonyl (C=O) groups is 1. The summed E-state index contributed by atoms with van der Waals surface area (Å²) >= 11 is 0. The van der Waals surface area contributed by atoms with Crippen LogP contribution >= 0.6 is 0 Å². The first-order valence-electron chi connectivity index (χ1n) is 5.57. The Morgan fingerprint density at radius 3 is 2.32 bits per heavy atom. The van der Waals surface area contributed by atoms with Gasteiger partial charge < -0.3 is 10.4 Å². The van der Waals surface area contributed by atoms with Crippen LogP contribution in [0, 0.1) is 11.6 Å². The minimum Gasteiger partial charge on any atom is -0.465 e. The van der Waals surface area contributed by atoms with Gasteiger partial charge >= 0.3 is 6.09 Å². The Balaban J connectivity index is 2.38. The van der Waals surface area contributed by atoms with Crippen LogP contribution in [-0.2, 0) is 6.54 Å². The number of nitrogens with one attached hydrogen (secondary N) is 1. The largest absolute Gasteiger partial charge is 0.465 e. The first-order valence-corrected chi connectivity index (χ1v) is 5.57. The maximum Gasteiger partial charge on any atom is 0.404 e. The van der Waals surface area contributed by atoms with E-state index >= 15 is 0 Å². The molecule has 0 saturated heterocycles. The molecule has 2 N–H and O–H groups in total. The second-order valence-corrected chi connectivity index (χ2v) is 3.97. The third-order valence-corrected chi connectivity index (χ3v) is 2.65. The highest BCUT2D eigenvalue weighted by Crippen LogP contribution is 2.24. The molecule has 0 aliphatic rings. The Morgan fingerprint density at radius 2 is 1.68 bits per heavy atom. The van der Waals surface area contributed by atoms with Crippen LogP contribution in [0.4, 0.5) is 13.6 Å². The zero-order valence-corrected chi connectivity index (χ0v) is 9.86. The number of rotatable bonds is 3. The monoisotopic (exact) mass is 263 g/mol. The van der Waals surface area contributed by atoms with Crippen molar-refractivity contribution in [2.24, 2.45) is 0 Å². The van der Waals surface area contributed by atoms with Crippen molar-refractivity contribution in [3.8, 4) is 11.1 Å². The van der Waals surface area contributed by atoms with E-state index in [1.165, 1.54) is 24.3 Å². The van der Waals surface area contributed by atoms with Crippen LogP contribution in [0.2, 0.25) is 0 Å². The topological polar surface area (TPSA) is 49.3 Å². The molecule has 0 heterocycles. The fourth-order valence-corrected chi connectivity index (χ4v) is 1.79. The number of hydrogen-bond donors (Lipinski definition) is 2. The first-order chi connectivity index (χ1) is 9.06. The molecule has 98 valence electrons. The van der Waals surface area contributed by atoms with Crippen molar-refractivity contribution in [1.29, 1.82) is 0 Å². The maximum absolute atomic E-state index is 13.2. The molecular formula is C14H11F2NO2. The molecule has 1 amide bonds. The summed E-state index contributed by atoms with van der Waals surface area (Å²) in [5, 5.41) is 10.8. The summed E-state index contributed by atoms with van der Waals surface area (Å²) in [4.78, 5) is 10.5. The molecule has 2 rings (SSSR count). The van der Waals surface area contributed by atoms with Crippen molar-refractivity contribution in [3.05, 3.63) is 59.7 Å². The number of benzene rings is 2. The molecule has 0 bridgehead atoms. The van der Waals surface area contributed by atoms with Crippen LogP contribution in [0.1, 0.15) is 5.56 Å². The van der Waals surface area contributed by atoms with E-state index in [-0.39, 0.29) is 12.4 Å². The summed E-state index contributed by atoms with van der Waals surface area (Å²) < 4.78 is 26.1. The summed E-state index contributed by atoms with van der Waals surface area (Å²) in [6.07, 6.45) is -1.19. The molecule has 5 heteroatoms. The molecule has 0 fully saturated rings. The molecule has 0 aliphatic heterocycles. The second-order valence-electron chi connectivity index (χ2n) is 3.97. The van der Waals surface area contributed by atoms with Gasteiger partial charge in [0.2, 0.25) is 0 Å². The average molecular weight is 263 g/mol. The SMILES string of the molecule is O=C(O)NCc1cc(F)ccc1-c1ccc(F)cc1. The molecule has 0 atom stereocenters. The number of hydrogen-bond acceptors (Lipinski definition) is 1. The Bertz CT molecular complexity index is 597. The Hall–Kier alpha value is -2.43. The normalized spacial score (nSPS) is 10.2. The molecule has 2 aromatic rings. The van der Waals surface area contributed by atoms with Crippen LogP contribution in [-0.4, -0.2) is 11.2 Å². The van der Waals surface area contributed by atoms with E-state index in [0.29, 0.717) is 16.7 Å². The summed E-state index contributed by atoms with van der Waals surface area (Å²) in [5.41, 5.74) is 1.85. The van der Waals surface area contributed by atoms with E-state index in [4.69, 9.17) is 5.11 Å². The Kier molecular flexibility index (Phi) is 3.75. The van der Waals surface area contributed by atoms with Crippen LogP contribution in [0.25, 0.3) is 11.1 Å². The van der Waals surface area contributed by atoms with E-state index in [0.717, 1.165) is 0 Å². The molecule has 0 radical (unpaired) electrons. The van der Waals surface area contributed by atoms with E-state index in [1.807, 2.05) is 0 Å². The van der Waals surface area contributed by atoms with Gasteiger partial charge in [0.05, 0.1) is 0 Å². The lowest BCUT2D eigenvalue weighted by molar-refractivity contribution is 0.194. The quantitative estimate of drug-likeness (QED) is 0.891. The van der Waals surface area contributed by atoms with Crippen molar-refractivity contribution in [2.75, 3.05) is 0 Å². The summed E-state index contributed by atoms with van der Waals surface area (Å²) in [6.45, 7) is -0.0141. The van der Waals surface area contributed by atoms with Gasteiger partial charge in [-0.3, -0.25) is 0 Å². The molecule has 3 nitrogen and oxygen atoms in total. The van der Waals surface area contributed by atoms with Gasteiger partial charge in [-0.2, -0.15) is 0 Å². The lowest BCUT2D eigenvalue weighted by atomic mass is 9.99. The van der Waals surface area contributed by atoms with Gasteiger partial charge in [0.15, 0.2) is 0 Å². The van der Waals surface area contributed by atoms with Crippen molar-refractivity contribution in [1.82, 2.24) is 5.32 Å². The minimum absolute atomic E-state index is 0.0141. The smallest absolute Gasteiger partial charge is 0.404 e. The highest BCUT2D eigenvalue weighted by Gasteiger charge is 2.08. The van der Waals surface area contributed by atoms with Crippen LogP contribution in [0.3, 0.4) is 0 Å². The molecule has 19 heavy (non-hydrogen) atoms. The van der Waals surface area contributed by atoms with E-state index in [2.05, 4.69) is 5.32 Å². The standard InChI is InChI=1S/C14H11F2NO2/c15-11-3-1-9(2-4-11)13-6-5-12(16)7-10(13)8-17-14(18)19/h1-7,17H,8H2,(H,18,19). The van der Waals surface area contributed by atoms with Crippen molar-refractivity contribution in [2.45, 2.75) is 6.54 Å². The Morgan fingerprint density at radius 1 is 1.05 bits per heavy atom. The van der Waals surface area contributed by atoms with Crippen LogP contribution in [0.5, 0.6) is 0 Å². The summed E-state index contributed by atoms with van der Waals surface area (Å²) in [5.74, 6) is -0.816. The van der Waals surface area contributed by atoms with E-state index in [9.17, 15) is 13.6 Å². The Labute approximate surface area is 108 Å². The highest BCUT2D eigenvalue weighted by atomic mass is 19.1. The van der Waals surface area contributed by atoms with Gasteiger partial charge in [-0.25, -0.2) is 13.6 Å².